The maximum absolute atomic E-state index is 8.82. The second-order valence-electron chi connectivity index (χ2n) is 5.39. The monoisotopic (exact) mass is 184 g/mol. The Hall–Kier alpha value is -0.0800. The highest BCUT2D eigenvalue weighted by molar-refractivity contribution is 5.10. The lowest BCUT2D eigenvalue weighted by atomic mass is 9.70. The third-order valence-corrected chi connectivity index (χ3v) is 4.99. The lowest BCUT2D eigenvalue weighted by molar-refractivity contribution is -0.106. The molecular formula is C11H20O2. The molecule has 2 bridgehead atoms. The van der Waals surface area contributed by atoms with Crippen molar-refractivity contribution in [1.29, 1.82) is 0 Å². The average Bonchev–Trinajstić information content (AvgIpc) is 2.37. The molecule has 0 amide bonds. The summed E-state index contributed by atoms with van der Waals surface area (Å²) in [6, 6.07) is 0. The van der Waals surface area contributed by atoms with Gasteiger partial charge in [0.15, 0.2) is 0 Å². The number of rotatable bonds is 2. The van der Waals surface area contributed by atoms with Crippen LogP contribution in [0, 0.1) is 16.7 Å². The van der Waals surface area contributed by atoms with Crippen LogP contribution in [0.4, 0.5) is 0 Å². The number of hydrogen-bond acceptors (Lipinski definition) is 2. The molecule has 2 fully saturated rings. The van der Waals surface area contributed by atoms with Crippen LogP contribution in [-0.4, -0.2) is 18.0 Å². The first-order valence-corrected chi connectivity index (χ1v) is 5.25. The van der Waals surface area contributed by atoms with Gasteiger partial charge < -0.3 is 9.84 Å². The highest BCUT2D eigenvalue weighted by atomic mass is 16.6. The van der Waals surface area contributed by atoms with E-state index in [1.54, 1.807) is 0 Å². The Balaban J connectivity index is 2.22. The third-order valence-electron chi connectivity index (χ3n) is 4.99. The maximum atomic E-state index is 8.82. The van der Waals surface area contributed by atoms with Crippen LogP contribution < -0.4 is 0 Å². The molecule has 0 aromatic carbocycles. The maximum Gasteiger partial charge on any atom is 0.143 e. The molecule has 2 aliphatic carbocycles. The van der Waals surface area contributed by atoms with Gasteiger partial charge in [-0.15, -0.1) is 0 Å². The first-order chi connectivity index (χ1) is 6.02. The zero-order valence-electron chi connectivity index (χ0n) is 8.84. The summed E-state index contributed by atoms with van der Waals surface area (Å²) in [5.41, 5.74) is 0.688. The minimum atomic E-state index is -0.122. The van der Waals surface area contributed by atoms with Crippen LogP contribution in [0.5, 0.6) is 0 Å². The highest BCUT2D eigenvalue weighted by Gasteiger charge is 2.61. The molecule has 0 aromatic heterocycles. The molecule has 0 heterocycles. The van der Waals surface area contributed by atoms with Crippen molar-refractivity contribution in [1.82, 2.24) is 0 Å². The summed E-state index contributed by atoms with van der Waals surface area (Å²) in [7, 11) is 0. The molecule has 2 aliphatic rings. The van der Waals surface area contributed by atoms with Crippen molar-refractivity contribution < 1.29 is 9.84 Å². The SMILES string of the molecule is CC1(C)C2CCC1(C)C(OCO)C2. The summed E-state index contributed by atoms with van der Waals surface area (Å²) in [5.74, 6) is 0.800. The van der Waals surface area contributed by atoms with Crippen molar-refractivity contribution in [2.75, 3.05) is 6.79 Å². The van der Waals surface area contributed by atoms with Crippen LogP contribution in [0.3, 0.4) is 0 Å². The summed E-state index contributed by atoms with van der Waals surface area (Å²) in [6.45, 7) is 6.90. The molecule has 3 unspecified atom stereocenters. The number of aliphatic hydroxyl groups is 1. The molecule has 2 rings (SSSR count). The number of ether oxygens (including phenoxy) is 1. The molecule has 3 atom stereocenters. The van der Waals surface area contributed by atoms with Gasteiger partial charge in [0.25, 0.3) is 0 Å². The van der Waals surface area contributed by atoms with Gasteiger partial charge in [0.1, 0.15) is 6.79 Å². The molecule has 1 N–H and O–H groups in total. The van der Waals surface area contributed by atoms with Crippen LogP contribution in [-0.2, 0) is 4.74 Å². The molecule has 0 aliphatic heterocycles. The predicted octanol–water partition coefficient (Wildman–Crippen LogP) is 2.17. The number of aliphatic hydroxyl groups excluding tert-OH is 1. The Morgan fingerprint density at radius 3 is 2.46 bits per heavy atom. The van der Waals surface area contributed by atoms with Gasteiger partial charge in [-0.1, -0.05) is 20.8 Å². The first kappa shape index (κ1) is 9.47. The van der Waals surface area contributed by atoms with Gasteiger partial charge in [-0.25, -0.2) is 0 Å². The van der Waals surface area contributed by atoms with E-state index in [1.807, 2.05) is 0 Å². The van der Waals surface area contributed by atoms with Gasteiger partial charge in [0.2, 0.25) is 0 Å². The Bertz CT molecular complexity index is 212. The van der Waals surface area contributed by atoms with Crippen molar-refractivity contribution in [3.63, 3.8) is 0 Å². The molecule has 0 spiro atoms. The van der Waals surface area contributed by atoms with E-state index in [-0.39, 0.29) is 12.9 Å². The summed E-state index contributed by atoms with van der Waals surface area (Å²) in [6.07, 6.45) is 4.03. The largest absolute Gasteiger partial charge is 0.371 e. The average molecular weight is 184 g/mol. The third kappa shape index (κ3) is 1.02. The van der Waals surface area contributed by atoms with E-state index in [0.717, 1.165) is 12.3 Å². The number of hydrogen-bond donors (Lipinski definition) is 1. The topological polar surface area (TPSA) is 29.5 Å². The molecule has 2 heteroatoms. The lowest BCUT2D eigenvalue weighted by Crippen LogP contribution is -2.37. The minimum absolute atomic E-state index is 0.122. The fraction of sp³-hybridized carbons (Fsp3) is 1.00. The van der Waals surface area contributed by atoms with Gasteiger partial charge in [0, 0.05) is 0 Å². The van der Waals surface area contributed by atoms with Gasteiger partial charge in [-0.3, -0.25) is 0 Å². The second-order valence-corrected chi connectivity index (χ2v) is 5.39. The van der Waals surface area contributed by atoms with Crippen LogP contribution in [0.15, 0.2) is 0 Å². The van der Waals surface area contributed by atoms with E-state index in [1.165, 1.54) is 12.8 Å². The Kier molecular flexibility index (Phi) is 1.97. The van der Waals surface area contributed by atoms with Gasteiger partial charge in [0.05, 0.1) is 6.10 Å². The normalized spacial score (nSPS) is 47.1. The Morgan fingerprint density at radius 2 is 2.08 bits per heavy atom. The van der Waals surface area contributed by atoms with Gasteiger partial charge >= 0.3 is 0 Å². The smallest absolute Gasteiger partial charge is 0.143 e. The van der Waals surface area contributed by atoms with E-state index in [2.05, 4.69) is 20.8 Å². The van der Waals surface area contributed by atoms with E-state index < -0.39 is 0 Å². The van der Waals surface area contributed by atoms with Crippen LogP contribution in [0.25, 0.3) is 0 Å². The molecule has 0 aromatic rings. The summed E-state index contributed by atoms with van der Waals surface area (Å²) in [5, 5.41) is 8.82. The molecule has 2 saturated carbocycles. The van der Waals surface area contributed by atoms with E-state index in [0.29, 0.717) is 10.8 Å². The molecule has 2 nitrogen and oxygen atoms in total. The van der Waals surface area contributed by atoms with Crippen molar-refractivity contribution in [2.45, 2.75) is 46.1 Å². The van der Waals surface area contributed by atoms with E-state index >= 15 is 0 Å². The van der Waals surface area contributed by atoms with Crippen molar-refractivity contribution in [3.05, 3.63) is 0 Å². The van der Waals surface area contributed by atoms with Crippen LogP contribution in [0.2, 0.25) is 0 Å². The van der Waals surface area contributed by atoms with Crippen molar-refractivity contribution in [3.8, 4) is 0 Å². The summed E-state index contributed by atoms with van der Waals surface area (Å²) < 4.78 is 5.43. The standard InChI is InChI=1S/C11H20O2/c1-10(2)8-4-5-11(10,3)9(6-8)13-7-12/h8-9,12H,4-7H2,1-3H3. The zero-order chi connectivity index (χ0) is 9.69. The quantitative estimate of drug-likeness (QED) is 0.666. The molecule has 0 radical (unpaired) electrons. The molecule has 76 valence electrons. The minimum Gasteiger partial charge on any atom is -0.371 e. The number of fused-ring (bicyclic) bond motifs is 2. The summed E-state index contributed by atoms with van der Waals surface area (Å²) in [4.78, 5) is 0. The lowest BCUT2D eigenvalue weighted by Gasteiger charge is -2.38. The molecule has 13 heavy (non-hydrogen) atoms. The summed E-state index contributed by atoms with van der Waals surface area (Å²) >= 11 is 0. The van der Waals surface area contributed by atoms with Crippen LogP contribution >= 0.6 is 0 Å². The van der Waals surface area contributed by atoms with Gasteiger partial charge in [-0.2, -0.15) is 0 Å². The molecule has 0 saturated heterocycles. The predicted molar refractivity (Wildman–Crippen MR) is 51.2 cm³/mol. The van der Waals surface area contributed by atoms with Crippen molar-refractivity contribution in [2.24, 2.45) is 16.7 Å². The second kappa shape index (κ2) is 2.71. The molecular weight excluding hydrogens is 164 g/mol. The fourth-order valence-electron chi connectivity index (χ4n) is 3.47. The van der Waals surface area contributed by atoms with E-state index in [4.69, 9.17) is 9.84 Å². The van der Waals surface area contributed by atoms with Crippen LogP contribution in [0.1, 0.15) is 40.0 Å². The highest BCUT2D eigenvalue weighted by Crippen LogP contribution is 2.66. The zero-order valence-corrected chi connectivity index (χ0v) is 8.84. The Labute approximate surface area is 80.3 Å². The van der Waals surface area contributed by atoms with Gasteiger partial charge in [-0.05, 0) is 36.0 Å². The fourth-order valence-corrected chi connectivity index (χ4v) is 3.47. The first-order valence-electron chi connectivity index (χ1n) is 5.25. The van der Waals surface area contributed by atoms with Crippen molar-refractivity contribution >= 4 is 0 Å². The van der Waals surface area contributed by atoms with E-state index in [9.17, 15) is 0 Å². The Morgan fingerprint density at radius 1 is 1.38 bits per heavy atom.